The monoisotopic (exact) mass is 346 g/mol. The molecule has 4 nitrogen and oxygen atoms in total. The molecule has 2 aromatic rings. The Kier molecular flexibility index (Phi) is 3.15. The van der Waals surface area contributed by atoms with Gasteiger partial charge >= 0.3 is 6.03 Å². The molecule has 2 fully saturated rings. The Morgan fingerprint density at radius 2 is 1.26 bits per heavy atom. The maximum atomic E-state index is 12.9. The molecule has 2 aromatic carbocycles. The molecule has 0 N–H and O–H groups in total. The SMILES string of the molecule is O=C1N(c2ccc(Cl)cc2)C(=O)C2(CC2)N1c1ccc(Cl)cc1. The quantitative estimate of drug-likeness (QED) is 0.751. The van der Waals surface area contributed by atoms with E-state index in [2.05, 4.69) is 0 Å². The lowest BCUT2D eigenvalue weighted by Gasteiger charge is -2.21. The van der Waals surface area contributed by atoms with Crippen LogP contribution in [0.15, 0.2) is 48.5 Å². The van der Waals surface area contributed by atoms with E-state index < -0.39 is 5.54 Å². The van der Waals surface area contributed by atoms with Crippen molar-refractivity contribution in [2.45, 2.75) is 18.4 Å². The van der Waals surface area contributed by atoms with E-state index in [1.54, 1.807) is 53.4 Å². The Balaban J connectivity index is 1.77. The van der Waals surface area contributed by atoms with Gasteiger partial charge in [-0.05, 0) is 61.4 Å². The third kappa shape index (κ3) is 2.13. The van der Waals surface area contributed by atoms with Gasteiger partial charge in [-0.3, -0.25) is 9.69 Å². The van der Waals surface area contributed by atoms with Crippen LogP contribution in [0.5, 0.6) is 0 Å². The van der Waals surface area contributed by atoms with Gasteiger partial charge < -0.3 is 0 Å². The first-order valence-corrected chi connectivity index (χ1v) is 7.98. The number of hydrogen-bond donors (Lipinski definition) is 0. The zero-order valence-corrected chi connectivity index (χ0v) is 13.5. The van der Waals surface area contributed by atoms with Gasteiger partial charge in [0.1, 0.15) is 5.54 Å². The molecule has 23 heavy (non-hydrogen) atoms. The normalized spacial score (nSPS) is 18.9. The number of benzene rings is 2. The van der Waals surface area contributed by atoms with Gasteiger partial charge in [0.15, 0.2) is 0 Å². The fourth-order valence-corrected chi connectivity index (χ4v) is 3.25. The molecule has 0 unspecified atom stereocenters. The number of amides is 3. The Hall–Kier alpha value is -2.04. The molecular weight excluding hydrogens is 335 g/mol. The molecule has 0 radical (unpaired) electrons. The summed E-state index contributed by atoms with van der Waals surface area (Å²) in [4.78, 5) is 28.6. The lowest BCUT2D eigenvalue weighted by atomic mass is 10.2. The molecule has 2 aliphatic rings. The van der Waals surface area contributed by atoms with Crippen molar-refractivity contribution < 1.29 is 9.59 Å². The molecule has 6 heteroatoms. The van der Waals surface area contributed by atoms with E-state index in [0.29, 0.717) is 34.3 Å². The second-order valence-electron chi connectivity index (χ2n) is 5.74. The lowest BCUT2D eigenvalue weighted by molar-refractivity contribution is -0.118. The number of urea groups is 1. The number of halogens is 2. The molecule has 4 rings (SSSR count). The molecule has 1 saturated heterocycles. The predicted molar refractivity (Wildman–Crippen MR) is 90.2 cm³/mol. The summed E-state index contributed by atoms with van der Waals surface area (Å²) in [6.45, 7) is 0. The fraction of sp³-hybridized carbons (Fsp3) is 0.176. The summed E-state index contributed by atoms with van der Waals surface area (Å²) in [5.74, 6) is -0.181. The zero-order valence-electron chi connectivity index (χ0n) is 12.0. The molecule has 0 aromatic heterocycles. The summed E-state index contributed by atoms with van der Waals surface area (Å²) in [7, 11) is 0. The molecule has 0 bridgehead atoms. The molecule has 1 heterocycles. The van der Waals surface area contributed by atoms with E-state index in [1.165, 1.54) is 4.90 Å². The van der Waals surface area contributed by atoms with Crippen molar-refractivity contribution in [3.63, 3.8) is 0 Å². The van der Waals surface area contributed by atoms with Crippen LogP contribution in [0, 0.1) is 0 Å². The first-order valence-electron chi connectivity index (χ1n) is 7.23. The fourth-order valence-electron chi connectivity index (χ4n) is 3.00. The number of anilines is 2. The number of carbonyl (C=O) groups is 2. The lowest BCUT2D eigenvalue weighted by Crippen LogP contribution is -2.37. The van der Waals surface area contributed by atoms with Crippen LogP contribution in [0.4, 0.5) is 16.2 Å². The Bertz CT molecular complexity index is 798. The van der Waals surface area contributed by atoms with Crippen molar-refractivity contribution in [3.8, 4) is 0 Å². The van der Waals surface area contributed by atoms with Crippen molar-refractivity contribution in [1.82, 2.24) is 0 Å². The minimum Gasteiger partial charge on any atom is -0.278 e. The van der Waals surface area contributed by atoms with Gasteiger partial charge in [0.2, 0.25) is 0 Å². The standard InChI is InChI=1S/C17H12Cl2N2O2/c18-11-1-5-13(6-2-11)20-15(22)17(9-10-17)21(16(20)23)14-7-3-12(19)4-8-14/h1-8H,9-10H2. The average molecular weight is 347 g/mol. The number of hydrogen-bond acceptors (Lipinski definition) is 2. The molecule has 1 spiro atoms. The summed E-state index contributed by atoms with van der Waals surface area (Å²) in [5.41, 5.74) is 0.471. The Morgan fingerprint density at radius 1 is 0.783 bits per heavy atom. The smallest absolute Gasteiger partial charge is 0.278 e. The minimum atomic E-state index is -0.745. The van der Waals surface area contributed by atoms with Crippen molar-refractivity contribution >= 4 is 46.5 Å². The van der Waals surface area contributed by atoms with Gasteiger partial charge in [0.25, 0.3) is 5.91 Å². The van der Waals surface area contributed by atoms with Crippen molar-refractivity contribution in [2.24, 2.45) is 0 Å². The summed E-state index contributed by atoms with van der Waals surface area (Å²) >= 11 is 11.8. The molecule has 1 aliphatic heterocycles. The van der Waals surface area contributed by atoms with Crippen molar-refractivity contribution in [1.29, 1.82) is 0 Å². The second-order valence-corrected chi connectivity index (χ2v) is 6.62. The van der Waals surface area contributed by atoms with Crippen LogP contribution in [0.2, 0.25) is 10.0 Å². The Labute approximate surface area is 143 Å². The molecule has 1 saturated carbocycles. The third-order valence-electron chi connectivity index (χ3n) is 4.31. The van der Waals surface area contributed by atoms with Crippen LogP contribution in [-0.2, 0) is 4.79 Å². The number of carbonyl (C=O) groups excluding carboxylic acids is 2. The average Bonchev–Trinajstić information content (AvgIpc) is 3.29. The van der Waals surface area contributed by atoms with Crippen molar-refractivity contribution in [3.05, 3.63) is 58.6 Å². The van der Waals surface area contributed by atoms with E-state index in [9.17, 15) is 9.59 Å². The topological polar surface area (TPSA) is 40.6 Å². The van der Waals surface area contributed by atoms with Crippen molar-refractivity contribution in [2.75, 3.05) is 9.80 Å². The minimum absolute atomic E-state index is 0.181. The first kappa shape index (κ1) is 14.5. The van der Waals surface area contributed by atoms with Crippen LogP contribution in [0.3, 0.4) is 0 Å². The van der Waals surface area contributed by atoms with Crippen LogP contribution in [0.25, 0.3) is 0 Å². The van der Waals surface area contributed by atoms with Crippen LogP contribution >= 0.6 is 23.2 Å². The first-order chi connectivity index (χ1) is 11.0. The Morgan fingerprint density at radius 3 is 1.74 bits per heavy atom. The third-order valence-corrected chi connectivity index (χ3v) is 4.81. The number of rotatable bonds is 2. The second kappa shape index (κ2) is 4.98. The molecule has 116 valence electrons. The van der Waals surface area contributed by atoms with Crippen LogP contribution in [0.1, 0.15) is 12.8 Å². The van der Waals surface area contributed by atoms with E-state index in [1.807, 2.05) is 0 Å². The van der Waals surface area contributed by atoms with E-state index in [4.69, 9.17) is 23.2 Å². The molecule has 0 atom stereocenters. The predicted octanol–water partition coefficient (Wildman–Crippen LogP) is 4.50. The number of nitrogens with zero attached hydrogens (tertiary/aromatic N) is 2. The van der Waals surface area contributed by atoms with E-state index >= 15 is 0 Å². The summed E-state index contributed by atoms with van der Waals surface area (Å²) in [5, 5.41) is 1.15. The van der Waals surface area contributed by atoms with Crippen LogP contribution < -0.4 is 9.80 Å². The van der Waals surface area contributed by atoms with E-state index in [-0.39, 0.29) is 11.9 Å². The highest BCUT2D eigenvalue weighted by Crippen LogP contribution is 2.51. The molecule has 3 amide bonds. The highest BCUT2D eigenvalue weighted by molar-refractivity contribution is 6.33. The van der Waals surface area contributed by atoms with Gasteiger partial charge in [0, 0.05) is 15.7 Å². The van der Waals surface area contributed by atoms with Gasteiger partial charge in [-0.25, -0.2) is 9.69 Å². The zero-order chi connectivity index (χ0) is 16.2. The summed E-state index contributed by atoms with van der Waals surface area (Å²) < 4.78 is 0. The highest BCUT2D eigenvalue weighted by atomic mass is 35.5. The summed E-state index contributed by atoms with van der Waals surface area (Å²) in [6.07, 6.45) is 1.34. The van der Waals surface area contributed by atoms with E-state index in [0.717, 1.165) is 0 Å². The highest BCUT2D eigenvalue weighted by Gasteiger charge is 2.65. The van der Waals surface area contributed by atoms with Gasteiger partial charge in [-0.15, -0.1) is 0 Å². The van der Waals surface area contributed by atoms with Crippen LogP contribution in [-0.4, -0.2) is 17.5 Å². The maximum Gasteiger partial charge on any atom is 0.336 e. The largest absolute Gasteiger partial charge is 0.336 e. The summed E-state index contributed by atoms with van der Waals surface area (Å²) in [6, 6.07) is 13.3. The number of imide groups is 1. The maximum absolute atomic E-state index is 12.9. The van der Waals surface area contributed by atoms with Gasteiger partial charge in [0.05, 0.1) is 5.69 Å². The molecular formula is C17H12Cl2N2O2. The molecule has 1 aliphatic carbocycles. The van der Waals surface area contributed by atoms with Gasteiger partial charge in [-0.1, -0.05) is 23.2 Å². The van der Waals surface area contributed by atoms with Gasteiger partial charge in [-0.2, -0.15) is 0 Å².